The van der Waals surface area contributed by atoms with Gasteiger partial charge < -0.3 is 19.5 Å². The maximum absolute atomic E-state index is 12.4. The van der Waals surface area contributed by atoms with Gasteiger partial charge in [0.2, 0.25) is 0 Å². The summed E-state index contributed by atoms with van der Waals surface area (Å²) >= 11 is 0. The van der Waals surface area contributed by atoms with Crippen molar-refractivity contribution >= 4 is 28.3 Å². The molecule has 0 atom stereocenters. The van der Waals surface area contributed by atoms with E-state index in [1.54, 1.807) is 0 Å². The number of hydrogen-bond acceptors (Lipinski definition) is 5. The SMILES string of the molecule is Cc1ccc(OCC(=O)Nc2ccc3c(c2)nc(CCN2CCN(c4ccccc4)CC2)n3C)cc1. The number of nitrogens with one attached hydrogen (secondary N) is 1. The maximum Gasteiger partial charge on any atom is 0.262 e. The number of hydrogen-bond donors (Lipinski definition) is 1. The number of carbonyl (C=O) groups excluding carboxylic acids is 1. The highest BCUT2D eigenvalue weighted by molar-refractivity contribution is 5.94. The van der Waals surface area contributed by atoms with Crippen LogP contribution in [0.15, 0.2) is 72.8 Å². The summed E-state index contributed by atoms with van der Waals surface area (Å²) in [6.45, 7) is 7.17. The van der Waals surface area contributed by atoms with Gasteiger partial charge in [-0.2, -0.15) is 0 Å². The van der Waals surface area contributed by atoms with Gasteiger partial charge in [-0.3, -0.25) is 9.69 Å². The number of benzene rings is 3. The Labute approximate surface area is 212 Å². The lowest BCUT2D eigenvalue weighted by Gasteiger charge is -2.36. The molecule has 1 aromatic heterocycles. The van der Waals surface area contributed by atoms with E-state index in [9.17, 15) is 4.79 Å². The van der Waals surface area contributed by atoms with Crippen LogP contribution < -0.4 is 15.0 Å². The second kappa shape index (κ2) is 10.8. The Hall–Kier alpha value is -3.84. The Bertz CT molecular complexity index is 1310. The number of para-hydroxylation sites is 1. The van der Waals surface area contributed by atoms with E-state index >= 15 is 0 Å². The first-order valence-electron chi connectivity index (χ1n) is 12.5. The number of rotatable bonds is 8. The Morgan fingerprint density at radius 3 is 2.47 bits per heavy atom. The fraction of sp³-hybridized carbons (Fsp3) is 0.310. The molecule has 1 aliphatic rings. The maximum atomic E-state index is 12.4. The first kappa shape index (κ1) is 23.9. The molecule has 0 aliphatic carbocycles. The van der Waals surface area contributed by atoms with Crippen LogP contribution in [0.3, 0.4) is 0 Å². The summed E-state index contributed by atoms with van der Waals surface area (Å²) in [5.74, 6) is 1.55. The van der Waals surface area contributed by atoms with Crippen molar-refractivity contribution in [3.05, 3.63) is 84.2 Å². The molecule has 0 spiro atoms. The molecule has 1 amide bonds. The summed E-state index contributed by atoms with van der Waals surface area (Å²) in [5.41, 5.74) is 5.13. The van der Waals surface area contributed by atoms with Crippen molar-refractivity contribution in [2.24, 2.45) is 7.05 Å². The van der Waals surface area contributed by atoms with E-state index in [1.807, 2.05) is 49.4 Å². The molecule has 5 rings (SSSR count). The second-order valence-corrected chi connectivity index (χ2v) is 9.35. The molecule has 0 saturated carbocycles. The first-order chi connectivity index (χ1) is 17.5. The van der Waals surface area contributed by atoms with Gasteiger partial charge in [0.1, 0.15) is 11.6 Å². The molecular weight excluding hydrogens is 450 g/mol. The van der Waals surface area contributed by atoms with Crippen molar-refractivity contribution < 1.29 is 9.53 Å². The highest BCUT2D eigenvalue weighted by atomic mass is 16.5. The smallest absolute Gasteiger partial charge is 0.262 e. The number of aryl methyl sites for hydroxylation is 2. The van der Waals surface area contributed by atoms with E-state index in [0.29, 0.717) is 5.75 Å². The number of imidazole rings is 1. The predicted molar refractivity (Wildman–Crippen MR) is 145 cm³/mol. The normalized spacial score (nSPS) is 14.2. The van der Waals surface area contributed by atoms with Crippen molar-refractivity contribution in [2.75, 3.05) is 49.5 Å². The van der Waals surface area contributed by atoms with E-state index < -0.39 is 0 Å². The Kier molecular flexibility index (Phi) is 7.18. The van der Waals surface area contributed by atoms with E-state index in [1.165, 1.54) is 5.69 Å². The van der Waals surface area contributed by atoms with E-state index in [-0.39, 0.29) is 12.5 Å². The molecule has 186 valence electrons. The van der Waals surface area contributed by atoms with Gasteiger partial charge in [0.25, 0.3) is 5.91 Å². The molecule has 7 heteroatoms. The zero-order valence-corrected chi connectivity index (χ0v) is 21.0. The lowest BCUT2D eigenvalue weighted by atomic mass is 10.2. The summed E-state index contributed by atoms with van der Waals surface area (Å²) < 4.78 is 7.74. The first-order valence-corrected chi connectivity index (χ1v) is 12.5. The molecule has 1 fully saturated rings. The molecule has 0 unspecified atom stereocenters. The van der Waals surface area contributed by atoms with E-state index in [4.69, 9.17) is 9.72 Å². The van der Waals surface area contributed by atoms with Gasteiger partial charge in [-0.1, -0.05) is 35.9 Å². The minimum Gasteiger partial charge on any atom is -0.484 e. The Morgan fingerprint density at radius 2 is 1.72 bits per heavy atom. The average molecular weight is 484 g/mol. The van der Waals surface area contributed by atoms with Crippen LogP contribution in [0.2, 0.25) is 0 Å². The average Bonchev–Trinajstić information content (AvgIpc) is 3.22. The lowest BCUT2D eigenvalue weighted by Crippen LogP contribution is -2.47. The number of ether oxygens (including phenoxy) is 1. The Morgan fingerprint density at radius 1 is 0.972 bits per heavy atom. The van der Waals surface area contributed by atoms with Crippen LogP contribution in [0.4, 0.5) is 11.4 Å². The number of aromatic nitrogens is 2. The van der Waals surface area contributed by atoms with Crippen LogP contribution >= 0.6 is 0 Å². The number of fused-ring (bicyclic) bond motifs is 1. The third-order valence-corrected chi connectivity index (χ3v) is 6.79. The minimum absolute atomic E-state index is 0.0356. The fourth-order valence-corrected chi connectivity index (χ4v) is 4.66. The summed E-state index contributed by atoms with van der Waals surface area (Å²) in [6.07, 6.45) is 0.891. The van der Waals surface area contributed by atoms with Crippen LogP contribution in [0.1, 0.15) is 11.4 Å². The molecule has 0 bridgehead atoms. The zero-order valence-electron chi connectivity index (χ0n) is 21.0. The standard InChI is InChI=1S/C29H33N5O2/c1-22-8-11-25(12-9-22)36-21-29(35)30-23-10-13-27-26(20-23)31-28(32(27)2)14-15-33-16-18-34(19-17-33)24-6-4-3-5-7-24/h3-13,20H,14-19,21H2,1-2H3,(H,30,35). The van der Waals surface area contributed by atoms with E-state index in [2.05, 4.69) is 57.1 Å². The summed E-state index contributed by atoms with van der Waals surface area (Å²) in [7, 11) is 2.06. The molecular formula is C29H33N5O2. The van der Waals surface area contributed by atoms with Gasteiger partial charge in [-0.25, -0.2) is 4.98 Å². The van der Waals surface area contributed by atoms with Gasteiger partial charge in [-0.15, -0.1) is 0 Å². The topological polar surface area (TPSA) is 62.6 Å². The van der Waals surface area contributed by atoms with Crippen LogP contribution in [-0.4, -0.2) is 59.7 Å². The van der Waals surface area contributed by atoms with Crippen LogP contribution in [0.25, 0.3) is 11.0 Å². The minimum atomic E-state index is -0.194. The van der Waals surface area contributed by atoms with Gasteiger partial charge in [0.15, 0.2) is 6.61 Å². The summed E-state index contributed by atoms with van der Waals surface area (Å²) in [5, 5.41) is 2.92. The highest BCUT2D eigenvalue weighted by Crippen LogP contribution is 2.21. The van der Waals surface area contributed by atoms with Gasteiger partial charge in [0.05, 0.1) is 11.0 Å². The number of carbonyl (C=O) groups is 1. The molecule has 7 nitrogen and oxygen atoms in total. The molecule has 1 aliphatic heterocycles. The number of anilines is 2. The fourth-order valence-electron chi connectivity index (χ4n) is 4.66. The third-order valence-electron chi connectivity index (χ3n) is 6.79. The predicted octanol–water partition coefficient (Wildman–Crippen LogP) is 4.26. The lowest BCUT2D eigenvalue weighted by molar-refractivity contribution is -0.118. The monoisotopic (exact) mass is 483 g/mol. The quantitative estimate of drug-likeness (QED) is 0.406. The van der Waals surface area contributed by atoms with Gasteiger partial charge in [-0.05, 0) is 49.4 Å². The van der Waals surface area contributed by atoms with Gasteiger partial charge in [0, 0.05) is 57.6 Å². The molecule has 3 aromatic carbocycles. The zero-order chi connectivity index (χ0) is 24.9. The van der Waals surface area contributed by atoms with Crippen LogP contribution in [0, 0.1) is 6.92 Å². The second-order valence-electron chi connectivity index (χ2n) is 9.35. The molecule has 36 heavy (non-hydrogen) atoms. The third kappa shape index (κ3) is 5.69. The Balaban J connectivity index is 1.14. The van der Waals surface area contributed by atoms with E-state index in [0.717, 1.165) is 67.3 Å². The van der Waals surface area contributed by atoms with Crippen LogP contribution in [0.5, 0.6) is 5.75 Å². The molecule has 0 radical (unpaired) electrons. The van der Waals surface area contributed by atoms with Gasteiger partial charge >= 0.3 is 0 Å². The number of nitrogens with zero attached hydrogens (tertiary/aromatic N) is 4. The largest absolute Gasteiger partial charge is 0.484 e. The molecule has 4 aromatic rings. The highest BCUT2D eigenvalue weighted by Gasteiger charge is 2.18. The van der Waals surface area contributed by atoms with Crippen molar-refractivity contribution in [1.82, 2.24) is 14.5 Å². The molecule has 1 saturated heterocycles. The van der Waals surface area contributed by atoms with Crippen molar-refractivity contribution in [3.8, 4) is 5.75 Å². The number of piperazine rings is 1. The van der Waals surface area contributed by atoms with Crippen molar-refractivity contribution in [2.45, 2.75) is 13.3 Å². The summed E-state index contributed by atoms with van der Waals surface area (Å²) in [4.78, 5) is 22.2. The van der Waals surface area contributed by atoms with Crippen LogP contribution in [-0.2, 0) is 18.3 Å². The number of amides is 1. The van der Waals surface area contributed by atoms with Crippen molar-refractivity contribution in [3.63, 3.8) is 0 Å². The van der Waals surface area contributed by atoms with Crippen molar-refractivity contribution in [1.29, 1.82) is 0 Å². The molecule has 1 N–H and O–H groups in total. The molecule has 2 heterocycles. The summed E-state index contributed by atoms with van der Waals surface area (Å²) in [6, 6.07) is 24.2.